The lowest BCUT2D eigenvalue weighted by Gasteiger charge is -2.08. The van der Waals surface area contributed by atoms with Gasteiger partial charge in [-0.05, 0) is 32.0 Å². The van der Waals surface area contributed by atoms with E-state index in [1.54, 1.807) is 32.0 Å². The van der Waals surface area contributed by atoms with Crippen LogP contribution in [-0.2, 0) is 17.7 Å². The van der Waals surface area contributed by atoms with Crippen LogP contribution in [0, 0.1) is 23.2 Å². The number of imidazole rings is 1. The summed E-state index contributed by atoms with van der Waals surface area (Å²) in [7, 11) is 1.28. The summed E-state index contributed by atoms with van der Waals surface area (Å²) in [6.45, 7) is 4.05. The molecule has 2 heterocycles. The molecule has 138 valence electrons. The highest BCUT2D eigenvalue weighted by molar-refractivity contribution is 5.90. The van der Waals surface area contributed by atoms with Crippen molar-refractivity contribution in [2.45, 2.75) is 32.4 Å². The quantitative estimate of drug-likeness (QED) is 0.645. The highest BCUT2D eigenvalue weighted by Gasteiger charge is 2.27. The lowest BCUT2D eigenvalue weighted by Crippen LogP contribution is -2.14. The topological polar surface area (TPSA) is 97.4 Å². The number of aromatic nitrogens is 2. The predicted octanol–water partition coefficient (Wildman–Crippen LogP) is 1.92. The molecule has 2 aromatic rings. The highest BCUT2D eigenvalue weighted by atomic mass is 16.5. The van der Waals surface area contributed by atoms with Crippen LogP contribution in [0.4, 0.5) is 0 Å². The Bertz CT molecular complexity index is 997. The van der Waals surface area contributed by atoms with Crippen molar-refractivity contribution in [3.63, 3.8) is 0 Å². The van der Waals surface area contributed by atoms with E-state index in [0.717, 1.165) is 0 Å². The SMILES string of the molecule is COC(=O)c1nc2n(c1CC#N)CCOc1ccc(C#CC(C)(C)O)cc1-2. The van der Waals surface area contributed by atoms with Crippen molar-refractivity contribution >= 4 is 5.97 Å². The monoisotopic (exact) mass is 365 g/mol. The first-order valence-corrected chi connectivity index (χ1v) is 8.41. The number of hydrogen-bond acceptors (Lipinski definition) is 6. The van der Waals surface area contributed by atoms with Gasteiger partial charge < -0.3 is 19.1 Å². The average molecular weight is 365 g/mol. The zero-order valence-corrected chi connectivity index (χ0v) is 15.4. The summed E-state index contributed by atoms with van der Waals surface area (Å²) in [4.78, 5) is 16.6. The molecule has 7 heteroatoms. The van der Waals surface area contributed by atoms with Crippen molar-refractivity contribution in [2.75, 3.05) is 13.7 Å². The Morgan fingerprint density at radius 3 is 2.93 bits per heavy atom. The normalized spacial score (nSPS) is 12.4. The summed E-state index contributed by atoms with van der Waals surface area (Å²) in [6.07, 6.45) is 0.0327. The van der Waals surface area contributed by atoms with Crippen molar-refractivity contribution < 1.29 is 19.4 Å². The molecule has 0 radical (unpaired) electrons. The van der Waals surface area contributed by atoms with E-state index < -0.39 is 11.6 Å². The summed E-state index contributed by atoms with van der Waals surface area (Å²) < 4.78 is 12.4. The minimum absolute atomic E-state index is 0.0327. The number of fused-ring (bicyclic) bond motifs is 3. The zero-order valence-electron chi connectivity index (χ0n) is 15.4. The molecule has 3 rings (SSSR count). The number of benzene rings is 1. The number of aliphatic hydroxyl groups is 1. The van der Waals surface area contributed by atoms with Crippen molar-refractivity contribution in [2.24, 2.45) is 0 Å². The third-order valence-corrected chi connectivity index (χ3v) is 4.00. The molecule has 1 aliphatic rings. The van der Waals surface area contributed by atoms with E-state index >= 15 is 0 Å². The van der Waals surface area contributed by atoms with Gasteiger partial charge in [0.25, 0.3) is 0 Å². The fourth-order valence-corrected chi connectivity index (χ4v) is 2.83. The van der Waals surface area contributed by atoms with Crippen LogP contribution in [0.25, 0.3) is 11.4 Å². The Morgan fingerprint density at radius 1 is 1.48 bits per heavy atom. The number of rotatable bonds is 2. The lowest BCUT2D eigenvalue weighted by atomic mass is 10.1. The Morgan fingerprint density at radius 2 is 2.26 bits per heavy atom. The first kappa shape index (κ1) is 18.5. The Hall–Kier alpha value is -3.29. The fraction of sp³-hybridized carbons (Fsp3) is 0.350. The van der Waals surface area contributed by atoms with Gasteiger partial charge in [0.15, 0.2) is 5.69 Å². The standard InChI is InChI=1S/C20H19N3O4/c1-20(2,25)8-6-13-4-5-16-14(12-13)18-22-17(19(24)26-3)15(7-9-21)23(18)10-11-27-16/h4-5,12,25H,7,10-11H2,1-3H3. The Kier molecular flexibility index (Phi) is 4.89. The minimum Gasteiger partial charge on any atom is -0.491 e. The van der Waals surface area contributed by atoms with Crippen LogP contribution in [-0.4, -0.2) is 39.9 Å². The van der Waals surface area contributed by atoms with E-state index in [0.29, 0.717) is 41.5 Å². The van der Waals surface area contributed by atoms with E-state index in [2.05, 4.69) is 22.9 Å². The summed E-state index contributed by atoms with van der Waals surface area (Å²) in [5.41, 5.74) is 0.875. The van der Waals surface area contributed by atoms with Gasteiger partial charge in [0.1, 0.15) is 23.8 Å². The van der Waals surface area contributed by atoms with Crippen LogP contribution in [0.15, 0.2) is 18.2 Å². The third kappa shape index (κ3) is 3.79. The molecule has 0 atom stereocenters. The second-order valence-electron chi connectivity index (χ2n) is 6.58. The molecule has 1 N–H and O–H groups in total. The molecule has 0 unspecified atom stereocenters. The largest absolute Gasteiger partial charge is 0.491 e. The van der Waals surface area contributed by atoms with Crippen molar-refractivity contribution in [3.05, 3.63) is 35.2 Å². The number of nitriles is 1. The molecule has 7 nitrogen and oxygen atoms in total. The molecule has 1 aliphatic heterocycles. The van der Waals surface area contributed by atoms with Gasteiger partial charge in [0, 0.05) is 5.56 Å². The number of hydrogen-bond donors (Lipinski definition) is 1. The average Bonchev–Trinajstić information content (AvgIpc) is 2.88. The van der Waals surface area contributed by atoms with E-state index in [-0.39, 0.29) is 12.1 Å². The molecule has 1 aromatic carbocycles. The maximum atomic E-state index is 12.1. The molecule has 0 amide bonds. The summed E-state index contributed by atoms with van der Waals surface area (Å²) in [5, 5.41) is 19.0. The van der Waals surface area contributed by atoms with Gasteiger partial charge in [0.05, 0.1) is 37.4 Å². The van der Waals surface area contributed by atoms with Gasteiger partial charge in [0.2, 0.25) is 0 Å². The molecule has 0 saturated carbocycles. The summed E-state index contributed by atoms with van der Waals surface area (Å²) >= 11 is 0. The second-order valence-corrected chi connectivity index (χ2v) is 6.58. The van der Waals surface area contributed by atoms with Gasteiger partial charge in [-0.3, -0.25) is 0 Å². The van der Waals surface area contributed by atoms with Gasteiger partial charge in [-0.1, -0.05) is 11.8 Å². The maximum Gasteiger partial charge on any atom is 0.358 e. The van der Waals surface area contributed by atoms with Crippen LogP contribution < -0.4 is 4.74 Å². The van der Waals surface area contributed by atoms with Crippen molar-refractivity contribution in [1.29, 1.82) is 5.26 Å². The van der Waals surface area contributed by atoms with Crippen molar-refractivity contribution in [1.82, 2.24) is 9.55 Å². The number of carbonyl (C=O) groups excluding carboxylic acids is 1. The van der Waals surface area contributed by atoms with E-state index in [1.165, 1.54) is 7.11 Å². The Balaban J connectivity index is 2.18. The molecule has 1 aromatic heterocycles. The van der Waals surface area contributed by atoms with Gasteiger partial charge in [-0.15, -0.1) is 0 Å². The third-order valence-electron chi connectivity index (χ3n) is 4.00. The molecule has 0 aliphatic carbocycles. The number of ether oxygens (including phenoxy) is 2. The molecule has 0 spiro atoms. The van der Waals surface area contributed by atoms with Crippen molar-refractivity contribution in [3.8, 4) is 35.0 Å². The molecular weight excluding hydrogens is 346 g/mol. The van der Waals surface area contributed by atoms with Crippen LogP contribution in [0.1, 0.15) is 35.6 Å². The molecule has 0 saturated heterocycles. The van der Waals surface area contributed by atoms with Gasteiger partial charge in [-0.2, -0.15) is 5.26 Å². The number of esters is 1. The first-order valence-electron chi connectivity index (χ1n) is 8.41. The predicted molar refractivity (Wildman–Crippen MR) is 97.0 cm³/mol. The lowest BCUT2D eigenvalue weighted by molar-refractivity contribution is 0.0593. The molecular formula is C20H19N3O4. The number of nitrogens with zero attached hydrogens (tertiary/aromatic N) is 3. The molecule has 27 heavy (non-hydrogen) atoms. The van der Waals surface area contributed by atoms with Gasteiger partial charge in [-0.25, -0.2) is 9.78 Å². The maximum absolute atomic E-state index is 12.1. The Labute approximate surface area is 157 Å². The zero-order chi connectivity index (χ0) is 19.6. The number of methoxy groups -OCH3 is 1. The molecule has 0 bridgehead atoms. The summed E-state index contributed by atoms with van der Waals surface area (Å²) in [5.74, 6) is 6.26. The molecule has 0 fully saturated rings. The second kappa shape index (κ2) is 7.14. The minimum atomic E-state index is -1.11. The smallest absolute Gasteiger partial charge is 0.358 e. The summed E-state index contributed by atoms with van der Waals surface area (Å²) in [6, 6.07) is 7.46. The van der Waals surface area contributed by atoms with Crippen LogP contribution in [0.5, 0.6) is 5.75 Å². The first-order chi connectivity index (χ1) is 12.8. The van der Waals surface area contributed by atoms with Crippen LogP contribution in [0.2, 0.25) is 0 Å². The fourth-order valence-electron chi connectivity index (χ4n) is 2.83. The van der Waals surface area contributed by atoms with E-state index in [9.17, 15) is 9.90 Å². The van der Waals surface area contributed by atoms with Crippen LogP contribution >= 0.6 is 0 Å². The van der Waals surface area contributed by atoms with Gasteiger partial charge >= 0.3 is 5.97 Å². The van der Waals surface area contributed by atoms with E-state index in [1.807, 2.05) is 4.57 Å². The number of carbonyl (C=O) groups is 1. The van der Waals surface area contributed by atoms with E-state index in [4.69, 9.17) is 14.7 Å². The van der Waals surface area contributed by atoms with Crippen LogP contribution in [0.3, 0.4) is 0 Å². The highest BCUT2D eigenvalue weighted by Crippen LogP contribution is 2.34.